The number of hydrogen-bond donors (Lipinski definition) is 0. The molecule has 3 heterocycles. The van der Waals surface area contributed by atoms with Crippen molar-refractivity contribution in [3.8, 4) is 0 Å². The van der Waals surface area contributed by atoms with E-state index in [0.717, 1.165) is 35.5 Å². The van der Waals surface area contributed by atoms with E-state index < -0.39 is 0 Å². The van der Waals surface area contributed by atoms with Crippen LogP contribution in [0.1, 0.15) is 46.6 Å². The third-order valence-electron chi connectivity index (χ3n) is 6.45. The summed E-state index contributed by atoms with van der Waals surface area (Å²) in [6.07, 6.45) is 2.49. The Hall–Kier alpha value is -3.54. The molecule has 3 aromatic rings. The van der Waals surface area contributed by atoms with Crippen LogP contribution in [0, 0.1) is 27.7 Å². The van der Waals surface area contributed by atoms with Crippen LogP contribution in [-0.2, 0) is 0 Å². The lowest BCUT2D eigenvalue weighted by Crippen LogP contribution is -2.24. The third kappa shape index (κ3) is 3.36. The van der Waals surface area contributed by atoms with Gasteiger partial charge in [-0.2, -0.15) is 9.78 Å². The molecule has 1 fully saturated rings. The van der Waals surface area contributed by atoms with E-state index in [-0.39, 0.29) is 5.56 Å². The number of fused-ring (bicyclic) bond motifs is 1. The van der Waals surface area contributed by atoms with Crippen molar-refractivity contribution in [2.75, 3.05) is 18.0 Å². The van der Waals surface area contributed by atoms with Crippen LogP contribution in [0.3, 0.4) is 0 Å². The maximum atomic E-state index is 13.0. The Morgan fingerprint density at radius 2 is 1.69 bits per heavy atom. The minimum absolute atomic E-state index is 0.148. The Morgan fingerprint density at radius 1 is 0.938 bits per heavy atom. The number of nitrogens with zero attached hydrogens (tertiary/aromatic N) is 5. The number of benzene rings is 2. The van der Waals surface area contributed by atoms with Crippen LogP contribution in [-0.4, -0.2) is 34.2 Å². The maximum absolute atomic E-state index is 13.0. The molecule has 0 amide bonds. The van der Waals surface area contributed by atoms with Crippen LogP contribution in [0.5, 0.6) is 0 Å². The van der Waals surface area contributed by atoms with Gasteiger partial charge in [-0.15, -0.1) is 0 Å². The molecule has 0 saturated carbocycles. The summed E-state index contributed by atoms with van der Waals surface area (Å²) in [4.78, 5) is 25.1. The summed E-state index contributed by atoms with van der Waals surface area (Å²) in [5.74, 6) is 0.499. The van der Waals surface area contributed by atoms with Crippen LogP contribution in [0.15, 0.2) is 57.4 Å². The summed E-state index contributed by atoms with van der Waals surface area (Å²) < 4.78 is 1.40. The van der Waals surface area contributed by atoms with Gasteiger partial charge in [-0.05, 0) is 69.9 Å². The smallest absolute Gasteiger partial charge is 0.277 e. The van der Waals surface area contributed by atoms with Crippen molar-refractivity contribution in [3.05, 3.63) is 86.6 Å². The Kier molecular flexibility index (Phi) is 5.00. The summed E-state index contributed by atoms with van der Waals surface area (Å²) in [7, 11) is 0. The number of aromatic nitrogens is 2. The van der Waals surface area contributed by atoms with Gasteiger partial charge in [0.1, 0.15) is 11.4 Å². The van der Waals surface area contributed by atoms with Crippen molar-refractivity contribution in [2.24, 2.45) is 10.1 Å². The topological polar surface area (TPSA) is 62.9 Å². The molecular weight excluding hydrogens is 398 g/mol. The molecule has 2 aliphatic rings. The van der Waals surface area contributed by atoms with Gasteiger partial charge in [-0.1, -0.05) is 24.3 Å². The summed E-state index contributed by atoms with van der Waals surface area (Å²) in [6, 6.07) is 14.4. The molecule has 6 nitrogen and oxygen atoms in total. The Bertz CT molecular complexity index is 1340. The first-order valence-corrected chi connectivity index (χ1v) is 11.1. The van der Waals surface area contributed by atoms with Crippen molar-refractivity contribution in [3.63, 3.8) is 0 Å². The zero-order valence-electron chi connectivity index (χ0n) is 19.0. The lowest BCUT2D eigenvalue weighted by atomic mass is 10.0. The van der Waals surface area contributed by atoms with Crippen LogP contribution >= 0.6 is 0 Å². The average Bonchev–Trinajstić information content (AvgIpc) is 3.43. The number of aliphatic imine (C=N–C) groups is 1. The minimum atomic E-state index is -0.148. The third-order valence-corrected chi connectivity index (χ3v) is 6.45. The summed E-state index contributed by atoms with van der Waals surface area (Å²) in [5, 5.41) is 4.69. The average molecular weight is 426 g/mol. The Balaban J connectivity index is 1.67. The predicted molar refractivity (Wildman–Crippen MR) is 130 cm³/mol. The molecule has 1 saturated heterocycles. The fourth-order valence-electron chi connectivity index (χ4n) is 4.38. The van der Waals surface area contributed by atoms with Crippen LogP contribution < -0.4 is 10.5 Å². The van der Waals surface area contributed by atoms with E-state index in [2.05, 4.69) is 30.0 Å². The second-order valence-electron chi connectivity index (χ2n) is 8.65. The van der Waals surface area contributed by atoms with Gasteiger partial charge in [-0.25, -0.2) is 9.98 Å². The van der Waals surface area contributed by atoms with Crippen molar-refractivity contribution in [2.45, 2.75) is 40.5 Å². The molecule has 0 spiro atoms. The first-order valence-electron chi connectivity index (χ1n) is 11.1. The predicted octanol–water partition coefficient (Wildman–Crippen LogP) is 4.46. The highest BCUT2D eigenvalue weighted by atomic mass is 16.1. The van der Waals surface area contributed by atoms with E-state index in [9.17, 15) is 4.79 Å². The van der Waals surface area contributed by atoms with Gasteiger partial charge in [-0.3, -0.25) is 4.79 Å². The number of hydrogen-bond acceptors (Lipinski definition) is 5. The van der Waals surface area contributed by atoms with Crippen molar-refractivity contribution < 1.29 is 0 Å². The molecule has 2 aliphatic heterocycles. The second kappa shape index (κ2) is 7.86. The minimum Gasteiger partial charge on any atom is -0.372 e. The van der Waals surface area contributed by atoms with Crippen LogP contribution in [0.25, 0.3) is 0 Å². The molecule has 6 heteroatoms. The van der Waals surface area contributed by atoms with Crippen LogP contribution in [0.4, 0.5) is 11.4 Å². The van der Waals surface area contributed by atoms with Crippen LogP contribution in [0.2, 0.25) is 0 Å². The van der Waals surface area contributed by atoms with Gasteiger partial charge in [0.2, 0.25) is 0 Å². The van der Waals surface area contributed by atoms with E-state index in [4.69, 9.17) is 15.1 Å². The maximum Gasteiger partial charge on any atom is 0.277 e. The van der Waals surface area contributed by atoms with Crippen molar-refractivity contribution in [1.29, 1.82) is 0 Å². The first kappa shape index (κ1) is 20.4. The highest BCUT2D eigenvalue weighted by Crippen LogP contribution is 2.29. The fraction of sp³-hybridized carbons (Fsp3) is 0.308. The van der Waals surface area contributed by atoms with Gasteiger partial charge >= 0.3 is 0 Å². The Morgan fingerprint density at radius 3 is 2.41 bits per heavy atom. The molecule has 0 aliphatic carbocycles. The van der Waals surface area contributed by atoms with E-state index in [1.807, 2.05) is 38.1 Å². The molecule has 2 aromatic carbocycles. The van der Waals surface area contributed by atoms with Gasteiger partial charge in [0.15, 0.2) is 5.82 Å². The summed E-state index contributed by atoms with van der Waals surface area (Å²) in [6.45, 7) is 9.99. The lowest BCUT2D eigenvalue weighted by Gasteiger charge is -2.18. The van der Waals surface area contributed by atoms with Gasteiger partial charge in [0.05, 0.1) is 5.69 Å². The number of anilines is 1. The molecule has 0 N–H and O–H groups in total. The molecule has 0 atom stereocenters. The van der Waals surface area contributed by atoms with Gasteiger partial charge in [0.25, 0.3) is 5.56 Å². The molecule has 1 aromatic heterocycles. The quantitative estimate of drug-likeness (QED) is 0.622. The first-order chi connectivity index (χ1) is 15.4. The zero-order chi connectivity index (χ0) is 22.4. The number of rotatable bonds is 3. The van der Waals surface area contributed by atoms with Crippen molar-refractivity contribution in [1.82, 2.24) is 9.66 Å². The standard InChI is InChI=1S/C26H27N5O/c1-16-9-5-6-10-21(16)23-24(25-27-19(4)18(3)26(32)31(25)29-23)28-22-12-11-20(15-17(22)2)30-13-7-8-14-30/h5-6,9-12,15H,7-8,13-14H2,1-4H3. The largest absolute Gasteiger partial charge is 0.372 e. The normalized spacial score (nSPS) is 16.6. The van der Waals surface area contributed by atoms with Gasteiger partial charge in [0, 0.05) is 35.6 Å². The monoisotopic (exact) mass is 425 g/mol. The number of aryl methyl sites for hydroxylation is 3. The Labute approximate surface area is 188 Å². The van der Waals surface area contributed by atoms with Crippen molar-refractivity contribution >= 4 is 22.8 Å². The molecule has 162 valence electrons. The van der Waals surface area contributed by atoms with E-state index in [0.29, 0.717) is 28.5 Å². The summed E-state index contributed by atoms with van der Waals surface area (Å²) >= 11 is 0. The zero-order valence-corrected chi connectivity index (χ0v) is 19.0. The van der Waals surface area contributed by atoms with E-state index in [1.54, 1.807) is 6.92 Å². The molecule has 0 radical (unpaired) electrons. The fourth-order valence-corrected chi connectivity index (χ4v) is 4.38. The van der Waals surface area contributed by atoms with E-state index >= 15 is 0 Å². The molecule has 0 unspecified atom stereocenters. The lowest BCUT2D eigenvalue weighted by molar-refractivity contribution is 0.779. The van der Waals surface area contributed by atoms with Gasteiger partial charge < -0.3 is 4.90 Å². The summed E-state index contributed by atoms with van der Waals surface area (Å²) in [5.41, 5.74) is 7.71. The SMILES string of the molecule is Cc1cc(N2CCCC2)ccc1N=C1C(c2ccccc2C)=Nn2c1nc(C)c(C)c2=O. The second-order valence-corrected chi connectivity index (χ2v) is 8.65. The molecule has 32 heavy (non-hydrogen) atoms. The molecule has 5 rings (SSSR count). The molecule has 0 bridgehead atoms. The van der Waals surface area contributed by atoms with E-state index in [1.165, 1.54) is 23.2 Å². The highest BCUT2D eigenvalue weighted by molar-refractivity contribution is 6.54. The highest BCUT2D eigenvalue weighted by Gasteiger charge is 2.29. The molecular formula is C26H27N5O.